The van der Waals surface area contributed by atoms with Crippen LogP contribution in [0, 0.1) is 0 Å². The molecule has 6 heteroatoms. The number of aliphatic hydroxyl groups is 1. The highest BCUT2D eigenvalue weighted by atomic mass is 79.9. The molecule has 0 aromatic heterocycles. The number of benzene rings is 1. The smallest absolute Gasteiger partial charge is 0.237 e. The SMILES string of the molecule is O=C(NCC1(c2cccc(Br)c2)CCOCC1)[C@@H]1C[C@@H](O)CN1. The molecule has 0 unspecified atom stereocenters. The van der Waals surface area contributed by atoms with Crippen molar-refractivity contribution in [1.29, 1.82) is 0 Å². The topological polar surface area (TPSA) is 70.6 Å². The molecular formula is C17H23BrN2O3. The second kappa shape index (κ2) is 7.30. The lowest BCUT2D eigenvalue weighted by molar-refractivity contribution is -0.123. The second-order valence-electron chi connectivity index (χ2n) is 6.47. The van der Waals surface area contributed by atoms with Crippen molar-refractivity contribution in [3.8, 4) is 0 Å². The summed E-state index contributed by atoms with van der Waals surface area (Å²) in [6.45, 7) is 2.51. The van der Waals surface area contributed by atoms with Gasteiger partial charge in [-0.15, -0.1) is 0 Å². The Hall–Kier alpha value is -0.950. The molecule has 0 spiro atoms. The second-order valence-corrected chi connectivity index (χ2v) is 7.39. The quantitative estimate of drug-likeness (QED) is 0.734. The predicted molar refractivity (Wildman–Crippen MR) is 91.3 cm³/mol. The first-order chi connectivity index (χ1) is 11.1. The number of amides is 1. The third-order valence-corrected chi connectivity index (χ3v) is 5.41. The third-order valence-electron chi connectivity index (χ3n) is 4.91. The summed E-state index contributed by atoms with van der Waals surface area (Å²) in [4.78, 5) is 12.3. The van der Waals surface area contributed by atoms with Gasteiger partial charge in [-0.3, -0.25) is 4.79 Å². The third kappa shape index (κ3) is 3.94. The average Bonchev–Trinajstić information content (AvgIpc) is 3.00. The lowest BCUT2D eigenvalue weighted by Gasteiger charge is -2.38. The Morgan fingerprint density at radius 3 is 2.87 bits per heavy atom. The summed E-state index contributed by atoms with van der Waals surface area (Å²) in [5, 5.41) is 15.7. The molecule has 0 aliphatic carbocycles. The van der Waals surface area contributed by atoms with Gasteiger partial charge >= 0.3 is 0 Å². The molecule has 2 atom stereocenters. The Labute approximate surface area is 144 Å². The molecule has 126 valence electrons. The first kappa shape index (κ1) is 16.9. The average molecular weight is 383 g/mol. The van der Waals surface area contributed by atoms with Crippen molar-refractivity contribution < 1.29 is 14.6 Å². The van der Waals surface area contributed by atoms with Gasteiger partial charge in [0.05, 0.1) is 12.1 Å². The van der Waals surface area contributed by atoms with Crippen LogP contribution in [0.1, 0.15) is 24.8 Å². The van der Waals surface area contributed by atoms with Gasteiger partial charge in [-0.1, -0.05) is 28.1 Å². The number of aliphatic hydroxyl groups excluding tert-OH is 1. The fourth-order valence-corrected chi connectivity index (χ4v) is 3.84. The summed E-state index contributed by atoms with van der Waals surface area (Å²) in [5.74, 6) is -0.0255. The highest BCUT2D eigenvalue weighted by Gasteiger charge is 2.36. The van der Waals surface area contributed by atoms with E-state index in [1.165, 1.54) is 5.56 Å². The molecule has 2 saturated heterocycles. The van der Waals surface area contributed by atoms with Crippen LogP contribution in [0.2, 0.25) is 0 Å². The molecule has 2 aliphatic heterocycles. The van der Waals surface area contributed by atoms with E-state index in [1.807, 2.05) is 12.1 Å². The van der Waals surface area contributed by atoms with Crippen LogP contribution < -0.4 is 10.6 Å². The molecule has 3 N–H and O–H groups in total. The maximum atomic E-state index is 12.3. The predicted octanol–water partition coefficient (Wildman–Crippen LogP) is 1.34. The number of hydrogen-bond acceptors (Lipinski definition) is 4. The van der Waals surface area contributed by atoms with E-state index >= 15 is 0 Å². The molecule has 1 aromatic rings. The van der Waals surface area contributed by atoms with Crippen molar-refractivity contribution in [2.24, 2.45) is 0 Å². The summed E-state index contributed by atoms with van der Waals surface area (Å²) < 4.78 is 6.58. The lowest BCUT2D eigenvalue weighted by atomic mass is 9.74. The fourth-order valence-electron chi connectivity index (χ4n) is 3.44. The lowest BCUT2D eigenvalue weighted by Crippen LogP contribution is -2.48. The molecular weight excluding hydrogens is 360 g/mol. The molecule has 0 radical (unpaired) electrons. The molecule has 1 aromatic carbocycles. The first-order valence-electron chi connectivity index (χ1n) is 8.12. The molecule has 0 bridgehead atoms. The van der Waals surface area contributed by atoms with Crippen LogP contribution in [0.25, 0.3) is 0 Å². The number of nitrogens with one attached hydrogen (secondary N) is 2. The minimum Gasteiger partial charge on any atom is -0.392 e. The van der Waals surface area contributed by atoms with E-state index in [2.05, 4.69) is 38.7 Å². The monoisotopic (exact) mass is 382 g/mol. The van der Waals surface area contributed by atoms with E-state index in [-0.39, 0.29) is 17.4 Å². The standard InChI is InChI=1S/C17H23BrN2O3/c18-13-3-1-2-12(8-13)17(4-6-23-7-5-17)11-20-16(22)15-9-14(21)10-19-15/h1-3,8,14-15,19,21H,4-7,9-11H2,(H,20,22)/t14-,15+/m1/s1. The minimum atomic E-state index is -0.423. The Morgan fingerprint density at radius 1 is 1.43 bits per heavy atom. The van der Waals surface area contributed by atoms with Crippen LogP contribution in [-0.2, 0) is 14.9 Å². The summed E-state index contributed by atoms with van der Waals surface area (Å²) in [5.41, 5.74) is 1.14. The highest BCUT2D eigenvalue weighted by molar-refractivity contribution is 9.10. The van der Waals surface area contributed by atoms with E-state index in [4.69, 9.17) is 4.74 Å². The van der Waals surface area contributed by atoms with Gasteiger partial charge in [-0.25, -0.2) is 0 Å². The number of hydrogen-bond donors (Lipinski definition) is 3. The van der Waals surface area contributed by atoms with Gasteiger partial charge in [0.15, 0.2) is 0 Å². The van der Waals surface area contributed by atoms with E-state index in [1.54, 1.807) is 0 Å². The number of β-amino-alcohol motifs (C(OH)–C–C–N with tert-alkyl or cyclic N) is 1. The van der Waals surface area contributed by atoms with Crippen molar-refractivity contribution >= 4 is 21.8 Å². The zero-order valence-corrected chi connectivity index (χ0v) is 14.6. The van der Waals surface area contributed by atoms with E-state index < -0.39 is 6.10 Å². The molecule has 3 rings (SSSR count). The van der Waals surface area contributed by atoms with Crippen molar-refractivity contribution in [2.45, 2.75) is 36.8 Å². The zero-order valence-electron chi connectivity index (χ0n) is 13.1. The number of rotatable bonds is 4. The molecule has 2 fully saturated rings. The first-order valence-corrected chi connectivity index (χ1v) is 8.91. The van der Waals surface area contributed by atoms with Gasteiger partial charge in [0.2, 0.25) is 5.91 Å². The van der Waals surface area contributed by atoms with Crippen LogP contribution in [0.15, 0.2) is 28.7 Å². The molecule has 23 heavy (non-hydrogen) atoms. The number of carbonyl (C=O) groups excluding carboxylic acids is 1. The molecule has 5 nitrogen and oxygen atoms in total. The summed E-state index contributed by atoms with van der Waals surface area (Å²) in [6, 6.07) is 8.02. The maximum absolute atomic E-state index is 12.3. The van der Waals surface area contributed by atoms with Crippen LogP contribution in [-0.4, -0.2) is 49.5 Å². The van der Waals surface area contributed by atoms with Crippen LogP contribution in [0.5, 0.6) is 0 Å². The summed E-state index contributed by atoms with van der Waals surface area (Å²) in [6.07, 6.45) is 1.85. The normalized spacial score (nSPS) is 26.9. The van der Waals surface area contributed by atoms with Crippen molar-refractivity contribution in [3.63, 3.8) is 0 Å². The van der Waals surface area contributed by atoms with Crippen LogP contribution >= 0.6 is 15.9 Å². The van der Waals surface area contributed by atoms with E-state index in [0.29, 0.717) is 32.7 Å². The maximum Gasteiger partial charge on any atom is 0.237 e. The molecule has 2 heterocycles. The van der Waals surface area contributed by atoms with E-state index in [0.717, 1.165) is 17.3 Å². The largest absolute Gasteiger partial charge is 0.392 e. The Kier molecular flexibility index (Phi) is 5.36. The minimum absolute atomic E-state index is 0.0255. The molecule has 1 amide bonds. The zero-order chi connectivity index (χ0) is 16.3. The van der Waals surface area contributed by atoms with Crippen LogP contribution in [0.3, 0.4) is 0 Å². The number of carbonyl (C=O) groups is 1. The Bertz CT molecular complexity index is 561. The van der Waals surface area contributed by atoms with Gasteiger partial charge in [0, 0.05) is 36.2 Å². The highest BCUT2D eigenvalue weighted by Crippen LogP contribution is 2.35. The molecule has 0 saturated carbocycles. The molecule has 2 aliphatic rings. The fraction of sp³-hybridized carbons (Fsp3) is 0.588. The number of ether oxygens (including phenoxy) is 1. The Morgan fingerprint density at radius 2 is 2.22 bits per heavy atom. The Balaban J connectivity index is 1.71. The van der Waals surface area contributed by atoms with Gasteiger partial charge < -0.3 is 20.5 Å². The van der Waals surface area contributed by atoms with Crippen LogP contribution in [0.4, 0.5) is 0 Å². The number of halogens is 1. The van der Waals surface area contributed by atoms with Crippen molar-refractivity contribution in [2.75, 3.05) is 26.3 Å². The van der Waals surface area contributed by atoms with E-state index in [9.17, 15) is 9.90 Å². The van der Waals surface area contributed by atoms with Crippen molar-refractivity contribution in [1.82, 2.24) is 10.6 Å². The summed E-state index contributed by atoms with van der Waals surface area (Å²) >= 11 is 3.54. The van der Waals surface area contributed by atoms with Crippen molar-refractivity contribution in [3.05, 3.63) is 34.3 Å². The van der Waals surface area contributed by atoms with Gasteiger partial charge in [0.25, 0.3) is 0 Å². The van der Waals surface area contributed by atoms with Gasteiger partial charge in [0.1, 0.15) is 0 Å². The summed E-state index contributed by atoms with van der Waals surface area (Å²) in [7, 11) is 0. The van der Waals surface area contributed by atoms with Gasteiger partial charge in [-0.05, 0) is 37.0 Å². The van der Waals surface area contributed by atoms with Gasteiger partial charge in [-0.2, -0.15) is 0 Å².